The molecule has 3 saturated carbocycles. The second-order valence-electron chi connectivity index (χ2n) is 15.6. The van der Waals surface area contributed by atoms with E-state index in [2.05, 4.69) is 58.9 Å². The molecule has 0 heterocycles. The number of carbonyl (C=O) groups is 1. The molecule has 0 amide bonds. The van der Waals surface area contributed by atoms with Crippen molar-refractivity contribution < 1.29 is 23.7 Å². The minimum atomic E-state index is -1.79. The molecule has 0 aromatic heterocycles. The average molecular weight is 611 g/mol. The zero-order valence-corrected chi connectivity index (χ0v) is 28.3. The third-order valence-electron chi connectivity index (χ3n) is 12.3. The highest BCUT2D eigenvalue weighted by atomic mass is 28.4. The van der Waals surface area contributed by atoms with E-state index < -0.39 is 19.4 Å². The van der Waals surface area contributed by atoms with E-state index in [0.717, 1.165) is 37.8 Å². The van der Waals surface area contributed by atoms with Gasteiger partial charge in [-0.15, -0.1) is 0 Å². The van der Waals surface area contributed by atoms with E-state index in [-0.39, 0.29) is 33.2 Å². The maximum atomic E-state index is 12.3. The summed E-state index contributed by atoms with van der Waals surface area (Å²) in [7, 11) is -1.79. The molecule has 0 radical (unpaired) electrons. The molecule has 236 valence electrons. The Morgan fingerprint density at radius 3 is 2.40 bits per heavy atom. The van der Waals surface area contributed by atoms with Gasteiger partial charge in [-0.2, -0.15) is 0 Å². The standard InChI is InChI=1S/C34H50N2O6Si/c1-22(35-41-31(37)40-25-12-10-24(11-13-25)36(38)39)28-15-16-29-27-14-9-23-21-26(42-43(7,8)32(2,3)4)17-19-33(23,5)30(27)18-20-34(28,29)6/h9-13,26-30H,14-21H2,1-8H3/b35-22+/t26-,27-,28+,29-,30-,33-,34+/m0/s1. The van der Waals surface area contributed by atoms with Crippen LogP contribution >= 0.6 is 0 Å². The molecule has 8 nitrogen and oxygen atoms in total. The molecule has 43 heavy (non-hydrogen) atoms. The van der Waals surface area contributed by atoms with Crippen molar-refractivity contribution in [2.24, 2.45) is 39.7 Å². The molecule has 1 aromatic carbocycles. The van der Waals surface area contributed by atoms with Crippen molar-refractivity contribution >= 4 is 25.9 Å². The van der Waals surface area contributed by atoms with Crippen LogP contribution in [0.15, 0.2) is 41.1 Å². The summed E-state index contributed by atoms with van der Waals surface area (Å²) in [4.78, 5) is 27.8. The highest BCUT2D eigenvalue weighted by Crippen LogP contribution is 2.66. The second-order valence-corrected chi connectivity index (χ2v) is 20.4. The highest BCUT2D eigenvalue weighted by molar-refractivity contribution is 6.74. The van der Waals surface area contributed by atoms with Gasteiger partial charge in [-0.05, 0) is 117 Å². The van der Waals surface area contributed by atoms with Crippen LogP contribution in [0.3, 0.4) is 0 Å². The summed E-state index contributed by atoms with van der Waals surface area (Å²) < 4.78 is 12.1. The van der Waals surface area contributed by atoms with E-state index >= 15 is 0 Å². The minimum Gasteiger partial charge on any atom is -0.414 e. The molecule has 4 aliphatic rings. The van der Waals surface area contributed by atoms with Crippen LogP contribution in [0.2, 0.25) is 18.1 Å². The third kappa shape index (κ3) is 5.96. The molecule has 0 aliphatic heterocycles. The Balaban J connectivity index is 1.23. The Labute approximate surface area is 257 Å². The van der Waals surface area contributed by atoms with Crippen molar-refractivity contribution in [3.8, 4) is 5.75 Å². The lowest BCUT2D eigenvalue weighted by molar-refractivity contribution is -0.384. The number of nitro benzene ring substituents is 1. The Morgan fingerprint density at radius 1 is 1.05 bits per heavy atom. The highest BCUT2D eigenvalue weighted by Gasteiger charge is 2.59. The lowest BCUT2D eigenvalue weighted by Gasteiger charge is -2.58. The summed E-state index contributed by atoms with van der Waals surface area (Å²) in [6.07, 6.45) is 11.3. The Morgan fingerprint density at radius 2 is 1.74 bits per heavy atom. The molecular formula is C34H50N2O6Si. The molecule has 0 spiro atoms. The maximum Gasteiger partial charge on any atom is 0.540 e. The van der Waals surface area contributed by atoms with Crippen LogP contribution in [-0.4, -0.2) is 31.2 Å². The molecule has 0 unspecified atom stereocenters. The molecule has 4 aliphatic carbocycles. The zero-order valence-electron chi connectivity index (χ0n) is 27.3. The normalized spacial score (nSPS) is 34.4. The lowest BCUT2D eigenvalue weighted by Crippen LogP contribution is -2.52. The van der Waals surface area contributed by atoms with Crippen molar-refractivity contribution in [3.05, 3.63) is 46.0 Å². The number of ether oxygens (including phenoxy) is 1. The van der Waals surface area contributed by atoms with Gasteiger partial charge in [0.1, 0.15) is 5.75 Å². The first-order valence-corrected chi connectivity index (χ1v) is 19.0. The Bertz CT molecular complexity index is 1300. The van der Waals surface area contributed by atoms with Gasteiger partial charge in [0.25, 0.3) is 5.69 Å². The molecule has 1 aromatic rings. The van der Waals surface area contributed by atoms with Crippen LogP contribution in [0.5, 0.6) is 5.75 Å². The van der Waals surface area contributed by atoms with Crippen molar-refractivity contribution in [2.75, 3.05) is 0 Å². The molecule has 3 fully saturated rings. The number of nitro groups is 1. The fourth-order valence-electron chi connectivity index (χ4n) is 8.93. The predicted octanol–water partition coefficient (Wildman–Crippen LogP) is 9.46. The summed E-state index contributed by atoms with van der Waals surface area (Å²) in [5.74, 6) is 2.45. The Hall–Kier alpha value is -2.52. The van der Waals surface area contributed by atoms with Crippen LogP contribution in [0, 0.1) is 44.6 Å². The van der Waals surface area contributed by atoms with Gasteiger partial charge in [-0.3, -0.25) is 15.0 Å². The van der Waals surface area contributed by atoms with Crippen LogP contribution in [0.1, 0.15) is 92.9 Å². The molecule has 0 bridgehead atoms. The Kier molecular flexibility index (Phi) is 8.48. The zero-order chi connectivity index (χ0) is 31.4. The van der Waals surface area contributed by atoms with Gasteiger partial charge >= 0.3 is 6.16 Å². The summed E-state index contributed by atoms with van der Waals surface area (Å²) in [6.45, 7) is 18.7. The smallest absolute Gasteiger partial charge is 0.414 e. The molecule has 0 N–H and O–H groups in total. The van der Waals surface area contributed by atoms with Gasteiger partial charge < -0.3 is 9.16 Å². The van der Waals surface area contributed by atoms with E-state index in [1.54, 1.807) is 5.57 Å². The maximum absolute atomic E-state index is 12.3. The summed E-state index contributed by atoms with van der Waals surface area (Å²) in [5.41, 5.74) is 2.81. The third-order valence-corrected chi connectivity index (χ3v) is 16.9. The van der Waals surface area contributed by atoms with E-state index in [0.29, 0.717) is 23.9 Å². The number of nitrogens with zero attached hydrogens (tertiary/aromatic N) is 2. The van der Waals surface area contributed by atoms with Crippen LogP contribution in [-0.2, 0) is 9.26 Å². The van der Waals surface area contributed by atoms with Crippen molar-refractivity contribution in [3.63, 3.8) is 0 Å². The summed E-state index contributed by atoms with van der Waals surface area (Å²) in [6, 6.07) is 5.31. The molecule has 7 atom stereocenters. The van der Waals surface area contributed by atoms with Gasteiger partial charge in [0.05, 0.1) is 10.6 Å². The topological polar surface area (TPSA) is 100 Å². The SMILES string of the molecule is C/C(=N\OC(=O)Oc1ccc([N+](=O)[O-])cc1)[C@H]1CC[C@H]2[C@@H]3CC=C4C[C@@H](O[Si](C)(C)C(C)(C)C)CC[C@]4(C)[C@H]3CC[C@]12C. The first-order valence-electron chi connectivity index (χ1n) is 16.1. The average Bonchev–Trinajstić information content (AvgIpc) is 3.29. The van der Waals surface area contributed by atoms with Crippen LogP contribution < -0.4 is 4.74 Å². The number of allylic oxidation sites excluding steroid dienone is 1. The van der Waals surface area contributed by atoms with Crippen LogP contribution in [0.4, 0.5) is 10.5 Å². The second kappa shape index (κ2) is 11.4. The van der Waals surface area contributed by atoms with Gasteiger partial charge in [0, 0.05) is 24.2 Å². The van der Waals surface area contributed by atoms with Gasteiger partial charge in [0.2, 0.25) is 0 Å². The number of benzene rings is 1. The first-order chi connectivity index (χ1) is 20.0. The number of rotatable bonds is 6. The van der Waals surface area contributed by atoms with Gasteiger partial charge in [0.15, 0.2) is 8.32 Å². The van der Waals surface area contributed by atoms with E-state index in [1.165, 1.54) is 43.5 Å². The number of hydrogen-bond acceptors (Lipinski definition) is 7. The monoisotopic (exact) mass is 610 g/mol. The predicted molar refractivity (Wildman–Crippen MR) is 171 cm³/mol. The largest absolute Gasteiger partial charge is 0.540 e. The minimum absolute atomic E-state index is 0.0738. The van der Waals surface area contributed by atoms with E-state index in [1.807, 2.05) is 6.92 Å². The number of carbonyl (C=O) groups excluding carboxylic acids is 1. The summed E-state index contributed by atoms with van der Waals surface area (Å²) >= 11 is 0. The van der Waals surface area contributed by atoms with Gasteiger partial charge in [-0.25, -0.2) is 4.79 Å². The van der Waals surface area contributed by atoms with E-state index in [9.17, 15) is 14.9 Å². The number of oxime groups is 1. The number of hydrogen-bond donors (Lipinski definition) is 0. The first kappa shape index (κ1) is 31.9. The molecule has 5 rings (SSSR count). The molecule has 9 heteroatoms. The quantitative estimate of drug-likeness (QED) is 0.0465. The number of fused-ring (bicyclic) bond motifs is 5. The lowest BCUT2D eigenvalue weighted by atomic mass is 9.47. The molecular weight excluding hydrogens is 560 g/mol. The van der Waals surface area contributed by atoms with Crippen molar-refractivity contribution in [1.82, 2.24) is 0 Å². The van der Waals surface area contributed by atoms with E-state index in [4.69, 9.17) is 14.0 Å². The van der Waals surface area contributed by atoms with Crippen molar-refractivity contribution in [1.29, 1.82) is 0 Å². The van der Waals surface area contributed by atoms with Crippen molar-refractivity contribution in [2.45, 2.75) is 117 Å². The molecule has 0 saturated heterocycles. The number of non-ortho nitro benzene ring substituents is 1. The fraction of sp³-hybridized carbons (Fsp3) is 0.706. The fourth-order valence-corrected chi connectivity index (χ4v) is 10.3. The summed E-state index contributed by atoms with van der Waals surface area (Å²) in [5, 5.41) is 15.3. The van der Waals surface area contributed by atoms with Crippen LogP contribution in [0.25, 0.3) is 0 Å². The van der Waals surface area contributed by atoms with Gasteiger partial charge in [-0.1, -0.05) is 51.4 Å².